The van der Waals surface area contributed by atoms with Crippen LogP contribution in [0.3, 0.4) is 0 Å². The van der Waals surface area contributed by atoms with E-state index in [-0.39, 0.29) is 5.91 Å². The maximum absolute atomic E-state index is 12.5. The number of carbonyl (C=O) groups excluding carboxylic acids is 1. The molecule has 144 valence electrons. The van der Waals surface area contributed by atoms with Crippen LogP contribution in [-0.4, -0.2) is 24.5 Å². The van der Waals surface area contributed by atoms with E-state index in [1.165, 1.54) is 0 Å². The summed E-state index contributed by atoms with van der Waals surface area (Å²) in [5.74, 6) is 0.643. The third kappa shape index (κ3) is 5.24. The van der Waals surface area contributed by atoms with Gasteiger partial charge in [-0.1, -0.05) is 29.8 Å². The average Bonchev–Trinajstić information content (AvgIpc) is 2.71. The van der Waals surface area contributed by atoms with Crippen LogP contribution >= 0.6 is 11.6 Å². The van der Waals surface area contributed by atoms with Crippen molar-refractivity contribution in [3.05, 3.63) is 82.6 Å². The zero-order valence-corrected chi connectivity index (χ0v) is 16.6. The quantitative estimate of drug-likeness (QED) is 0.605. The molecule has 0 saturated heterocycles. The summed E-state index contributed by atoms with van der Waals surface area (Å²) in [5, 5.41) is 6.84. The molecule has 6 heteroatoms. The Morgan fingerprint density at radius 3 is 2.82 bits per heavy atom. The smallest absolute Gasteiger partial charge is 0.252 e. The van der Waals surface area contributed by atoms with Crippen LogP contribution in [0.1, 0.15) is 21.5 Å². The number of nitrogens with one attached hydrogen (secondary N) is 2. The number of nitrogens with zero attached hydrogens (tertiary/aromatic N) is 1. The number of pyridine rings is 1. The van der Waals surface area contributed by atoms with Crippen molar-refractivity contribution in [2.45, 2.75) is 13.3 Å². The molecule has 1 heterocycles. The molecule has 0 aliphatic rings. The Bertz CT molecular complexity index is 976. The number of aryl methyl sites for hydroxylation is 1. The van der Waals surface area contributed by atoms with Gasteiger partial charge in [-0.15, -0.1) is 0 Å². The Morgan fingerprint density at radius 2 is 2.00 bits per heavy atom. The van der Waals surface area contributed by atoms with Gasteiger partial charge in [0, 0.05) is 23.5 Å². The molecule has 2 aromatic carbocycles. The van der Waals surface area contributed by atoms with Crippen LogP contribution in [0.25, 0.3) is 0 Å². The number of methoxy groups -OCH3 is 1. The van der Waals surface area contributed by atoms with Crippen LogP contribution in [0.4, 0.5) is 11.4 Å². The minimum absolute atomic E-state index is 0.165. The molecule has 0 spiro atoms. The van der Waals surface area contributed by atoms with E-state index in [0.29, 0.717) is 17.1 Å². The summed E-state index contributed by atoms with van der Waals surface area (Å²) in [6.07, 6.45) is 3.94. The minimum Gasteiger partial charge on any atom is -0.497 e. The number of ether oxygens (including phenoxy) is 1. The highest BCUT2D eigenvalue weighted by molar-refractivity contribution is 6.30. The topological polar surface area (TPSA) is 63.2 Å². The molecule has 1 aromatic heterocycles. The van der Waals surface area contributed by atoms with Gasteiger partial charge in [-0.2, -0.15) is 0 Å². The number of hydrogen-bond acceptors (Lipinski definition) is 4. The zero-order valence-electron chi connectivity index (χ0n) is 15.8. The molecule has 0 unspecified atom stereocenters. The van der Waals surface area contributed by atoms with E-state index in [1.54, 1.807) is 25.6 Å². The van der Waals surface area contributed by atoms with E-state index < -0.39 is 0 Å². The molecular weight excluding hydrogens is 374 g/mol. The molecule has 28 heavy (non-hydrogen) atoms. The number of halogens is 1. The van der Waals surface area contributed by atoms with Crippen LogP contribution in [0.5, 0.6) is 5.75 Å². The van der Waals surface area contributed by atoms with Crippen LogP contribution in [-0.2, 0) is 6.42 Å². The lowest BCUT2D eigenvalue weighted by Crippen LogP contribution is -2.25. The highest BCUT2D eigenvalue weighted by Gasteiger charge is 2.08. The Kier molecular flexibility index (Phi) is 6.50. The summed E-state index contributed by atoms with van der Waals surface area (Å²) < 4.78 is 5.22. The number of aromatic nitrogens is 1. The average molecular weight is 396 g/mol. The fourth-order valence-corrected chi connectivity index (χ4v) is 2.94. The Labute approximate surface area is 169 Å². The molecule has 2 N–H and O–H groups in total. The lowest BCUT2D eigenvalue weighted by atomic mass is 10.1. The Balaban J connectivity index is 1.61. The number of benzene rings is 2. The van der Waals surface area contributed by atoms with Gasteiger partial charge in [0.05, 0.1) is 24.6 Å². The van der Waals surface area contributed by atoms with Crippen LogP contribution < -0.4 is 15.4 Å². The first-order valence-corrected chi connectivity index (χ1v) is 9.32. The summed E-state index contributed by atoms with van der Waals surface area (Å²) in [4.78, 5) is 16.6. The first kappa shape index (κ1) is 19.7. The van der Waals surface area contributed by atoms with E-state index >= 15 is 0 Å². The van der Waals surface area contributed by atoms with Gasteiger partial charge in [-0.25, -0.2) is 0 Å². The second-order valence-electron chi connectivity index (χ2n) is 6.40. The maximum atomic E-state index is 12.5. The fourth-order valence-electron chi connectivity index (χ4n) is 2.77. The second-order valence-corrected chi connectivity index (χ2v) is 6.84. The van der Waals surface area contributed by atoms with Crippen molar-refractivity contribution in [3.8, 4) is 5.75 Å². The number of hydrogen-bond donors (Lipinski definition) is 2. The zero-order chi connectivity index (χ0) is 19.9. The van der Waals surface area contributed by atoms with Gasteiger partial charge < -0.3 is 15.4 Å². The molecule has 0 bridgehead atoms. The summed E-state index contributed by atoms with van der Waals surface area (Å²) in [5.41, 5.74) is 4.26. The van der Waals surface area contributed by atoms with Crippen molar-refractivity contribution in [2.24, 2.45) is 0 Å². The molecule has 0 radical (unpaired) electrons. The fraction of sp³-hybridized carbons (Fsp3) is 0.182. The Hall–Kier alpha value is -3.05. The normalized spacial score (nSPS) is 10.4. The molecule has 0 atom stereocenters. The molecule has 0 saturated carbocycles. The lowest BCUT2D eigenvalue weighted by Gasteiger charge is -2.11. The third-order valence-corrected chi connectivity index (χ3v) is 4.55. The maximum Gasteiger partial charge on any atom is 0.252 e. The summed E-state index contributed by atoms with van der Waals surface area (Å²) >= 11 is 6.06. The van der Waals surface area contributed by atoms with E-state index in [4.69, 9.17) is 16.3 Å². The first-order valence-electron chi connectivity index (χ1n) is 8.94. The predicted molar refractivity (Wildman–Crippen MR) is 113 cm³/mol. The van der Waals surface area contributed by atoms with Gasteiger partial charge in [0.1, 0.15) is 5.75 Å². The van der Waals surface area contributed by atoms with Gasteiger partial charge in [0.2, 0.25) is 0 Å². The molecular formula is C22H22ClN3O2. The van der Waals surface area contributed by atoms with Crippen molar-refractivity contribution in [3.63, 3.8) is 0 Å². The number of carbonyl (C=O) groups is 1. The SMILES string of the molecule is COc1cccc(CCNC(=O)c2cncc(Nc3cc(Cl)ccc3C)c2)c1. The van der Waals surface area contributed by atoms with Crippen molar-refractivity contribution >= 4 is 28.9 Å². The van der Waals surface area contributed by atoms with E-state index in [0.717, 1.165) is 34.7 Å². The minimum atomic E-state index is -0.165. The summed E-state index contributed by atoms with van der Waals surface area (Å²) in [6, 6.07) is 15.2. The van der Waals surface area contributed by atoms with Crippen molar-refractivity contribution in [2.75, 3.05) is 19.0 Å². The van der Waals surface area contributed by atoms with Gasteiger partial charge in [-0.05, 0) is 54.8 Å². The van der Waals surface area contributed by atoms with Gasteiger partial charge in [-0.3, -0.25) is 9.78 Å². The van der Waals surface area contributed by atoms with Crippen molar-refractivity contribution in [1.82, 2.24) is 10.3 Å². The molecule has 5 nitrogen and oxygen atoms in total. The third-order valence-electron chi connectivity index (χ3n) is 4.31. The van der Waals surface area contributed by atoms with E-state index in [1.807, 2.05) is 49.4 Å². The van der Waals surface area contributed by atoms with Gasteiger partial charge in [0.15, 0.2) is 0 Å². The Morgan fingerprint density at radius 1 is 1.14 bits per heavy atom. The second kappa shape index (κ2) is 9.24. The van der Waals surface area contributed by atoms with Crippen molar-refractivity contribution < 1.29 is 9.53 Å². The molecule has 3 aromatic rings. The molecule has 3 rings (SSSR count). The van der Waals surface area contributed by atoms with E-state index in [9.17, 15) is 4.79 Å². The summed E-state index contributed by atoms with van der Waals surface area (Å²) in [7, 11) is 1.64. The predicted octanol–water partition coefficient (Wildman–Crippen LogP) is 4.77. The van der Waals surface area contributed by atoms with Gasteiger partial charge in [0.25, 0.3) is 5.91 Å². The molecule has 1 amide bonds. The number of rotatable bonds is 7. The molecule has 0 aliphatic heterocycles. The van der Waals surface area contributed by atoms with Crippen LogP contribution in [0.2, 0.25) is 5.02 Å². The van der Waals surface area contributed by atoms with Crippen LogP contribution in [0, 0.1) is 6.92 Å². The van der Waals surface area contributed by atoms with Crippen molar-refractivity contribution in [1.29, 1.82) is 0 Å². The standard InChI is InChI=1S/C22H22ClN3O2/c1-15-6-7-18(23)12-21(15)26-19-11-17(13-24-14-19)22(27)25-9-8-16-4-3-5-20(10-16)28-2/h3-7,10-14,26H,8-9H2,1-2H3,(H,25,27). The molecule has 0 fully saturated rings. The first-order chi connectivity index (χ1) is 13.5. The molecule has 0 aliphatic carbocycles. The summed E-state index contributed by atoms with van der Waals surface area (Å²) in [6.45, 7) is 2.51. The number of anilines is 2. The van der Waals surface area contributed by atoms with E-state index in [2.05, 4.69) is 15.6 Å². The largest absolute Gasteiger partial charge is 0.497 e. The highest BCUT2D eigenvalue weighted by Crippen LogP contribution is 2.24. The number of amides is 1. The highest BCUT2D eigenvalue weighted by atomic mass is 35.5. The monoisotopic (exact) mass is 395 g/mol. The van der Waals surface area contributed by atoms with Gasteiger partial charge >= 0.3 is 0 Å². The lowest BCUT2D eigenvalue weighted by molar-refractivity contribution is 0.0954. The van der Waals surface area contributed by atoms with Crippen LogP contribution in [0.15, 0.2) is 60.9 Å².